The molecule has 1 saturated heterocycles. The summed E-state index contributed by atoms with van der Waals surface area (Å²) in [5, 5.41) is 0. The van der Waals surface area contributed by atoms with E-state index < -0.39 is 0 Å². The molecule has 0 aromatic heterocycles. The number of piperidine rings is 1. The lowest BCUT2D eigenvalue weighted by molar-refractivity contribution is -0.120. The highest BCUT2D eigenvalue weighted by atomic mass is 16.5. The van der Waals surface area contributed by atoms with E-state index in [0.29, 0.717) is 40.3 Å². The molecule has 6 nitrogen and oxygen atoms in total. The first kappa shape index (κ1) is 22.9. The van der Waals surface area contributed by atoms with Crippen LogP contribution in [0.1, 0.15) is 37.0 Å². The summed E-state index contributed by atoms with van der Waals surface area (Å²) in [6.07, 6.45) is 1.12. The average molecular weight is 449 g/mol. The van der Waals surface area contributed by atoms with E-state index in [2.05, 4.69) is 24.8 Å². The Balaban J connectivity index is 1.86. The Hall–Kier alpha value is -3.28. The minimum absolute atomic E-state index is 0.288. The summed E-state index contributed by atoms with van der Waals surface area (Å²) in [5.41, 5.74) is 4.36. The van der Waals surface area contributed by atoms with Crippen LogP contribution in [0.5, 0.6) is 11.5 Å². The van der Waals surface area contributed by atoms with Crippen LogP contribution in [0.2, 0.25) is 0 Å². The van der Waals surface area contributed by atoms with Gasteiger partial charge in [-0.15, -0.1) is 0 Å². The third kappa shape index (κ3) is 4.10. The number of hydrogen-bond donors (Lipinski definition) is 0. The van der Waals surface area contributed by atoms with Crippen molar-refractivity contribution in [2.24, 2.45) is 11.8 Å². The van der Waals surface area contributed by atoms with Crippen molar-refractivity contribution in [1.82, 2.24) is 4.90 Å². The molecule has 0 N–H and O–H groups in total. The Morgan fingerprint density at radius 3 is 2.12 bits per heavy atom. The molecule has 4 rings (SSSR count). The summed E-state index contributed by atoms with van der Waals surface area (Å²) in [7, 11) is 3.09. The normalized spacial score (nSPS) is 21.2. The van der Waals surface area contributed by atoms with Crippen LogP contribution in [-0.2, 0) is 9.59 Å². The van der Waals surface area contributed by atoms with Crippen molar-refractivity contribution in [3.63, 3.8) is 0 Å². The number of methoxy groups -OCH3 is 2. The minimum Gasteiger partial charge on any atom is -0.493 e. The molecule has 2 aliphatic heterocycles. The number of anilines is 1. The van der Waals surface area contributed by atoms with Gasteiger partial charge in [-0.25, -0.2) is 4.90 Å². The van der Waals surface area contributed by atoms with Gasteiger partial charge in [-0.05, 0) is 55.4 Å². The number of imide groups is 1. The molecular formula is C27H32N2O4. The fraction of sp³-hybridized carbons (Fsp3) is 0.407. The van der Waals surface area contributed by atoms with Gasteiger partial charge in [0.25, 0.3) is 11.8 Å². The standard InChI is InChI=1S/C27H32N2O4/c1-16-7-9-21(19(4)12-16)24-25(28-14-17(2)11-18(3)15-28)27(31)29(26(24)30)20-8-10-22(32-5)23(13-20)33-6/h7-10,12-13,17-18H,11,14-15H2,1-6H3. The Labute approximate surface area is 195 Å². The summed E-state index contributed by atoms with van der Waals surface area (Å²) in [6, 6.07) is 11.1. The first-order valence-electron chi connectivity index (χ1n) is 11.4. The number of benzene rings is 2. The predicted molar refractivity (Wildman–Crippen MR) is 129 cm³/mol. The van der Waals surface area contributed by atoms with Crippen molar-refractivity contribution in [2.45, 2.75) is 34.1 Å². The molecule has 1 fully saturated rings. The Bertz CT molecular complexity index is 1130. The summed E-state index contributed by atoms with van der Waals surface area (Å²) < 4.78 is 10.8. The van der Waals surface area contributed by atoms with Gasteiger partial charge in [-0.3, -0.25) is 9.59 Å². The van der Waals surface area contributed by atoms with Gasteiger partial charge < -0.3 is 14.4 Å². The monoisotopic (exact) mass is 448 g/mol. The van der Waals surface area contributed by atoms with Crippen LogP contribution < -0.4 is 14.4 Å². The zero-order chi connectivity index (χ0) is 23.9. The predicted octanol–water partition coefficient (Wildman–Crippen LogP) is 4.58. The molecule has 2 heterocycles. The van der Waals surface area contributed by atoms with Gasteiger partial charge in [0.1, 0.15) is 5.70 Å². The lowest BCUT2D eigenvalue weighted by Crippen LogP contribution is -2.42. The molecule has 0 spiro atoms. The molecule has 2 atom stereocenters. The van der Waals surface area contributed by atoms with Crippen molar-refractivity contribution in [2.75, 3.05) is 32.2 Å². The fourth-order valence-electron chi connectivity index (χ4n) is 5.19. The molecule has 2 aromatic rings. The molecular weight excluding hydrogens is 416 g/mol. The average Bonchev–Trinajstić information content (AvgIpc) is 3.02. The van der Waals surface area contributed by atoms with Gasteiger partial charge in [0, 0.05) is 19.2 Å². The maximum atomic E-state index is 13.9. The number of likely N-dealkylation sites (tertiary alicyclic amines) is 1. The highest BCUT2D eigenvalue weighted by Gasteiger charge is 2.44. The van der Waals surface area contributed by atoms with Crippen molar-refractivity contribution >= 4 is 23.1 Å². The van der Waals surface area contributed by atoms with E-state index in [4.69, 9.17) is 9.47 Å². The Kier molecular flexibility index (Phi) is 6.19. The topological polar surface area (TPSA) is 59.1 Å². The molecule has 2 amide bonds. The second kappa shape index (κ2) is 8.93. The molecule has 33 heavy (non-hydrogen) atoms. The minimum atomic E-state index is -0.306. The van der Waals surface area contributed by atoms with E-state index in [9.17, 15) is 9.59 Å². The lowest BCUT2D eigenvalue weighted by Gasteiger charge is -2.37. The first-order valence-corrected chi connectivity index (χ1v) is 11.4. The largest absolute Gasteiger partial charge is 0.493 e. The Morgan fingerprint density at radius 1 is 0.848 bits per heavy atom. The summed E-state index contributed by atoms with van der Waals surface area (Å²) in [4.78, 5) is 31.1. The van der Waals surface area contributed by atoms with Crippen LogP contribution in [0, 0.1) is 25.7 Å². The van der Waals surface area contributed by atoms with Gasteiger partial charge in [0.05, 0.1) is 25.5 Å². The smallest absolute Gasteiger partial charge is 0.282 e. The van der Waals surface area contributed by atoms with Crippen molar-refractivity contribution < 1.29 is 19.1 Å². The maximum Gasteiger partial charge on any atom is 0.282 e. The van der Waals surface area contributed by atoms with Gasteiger partial charge in [0.2, 0.25) is 0 Å². The Morgan fingerprint density at radius 2 is 1.52 bits per heavy atom. The van der Waals surface area contributed by atoms with Crippen LogP contribution in [0.25, 0.3) is 5.57 Å². The number of ether oxygens (including phenoxy) is 2. The fourth-order valence-corrected chi connectivity index (χ4v) is 5.19. The zero-order valence-corrected chi connectivity index (χ0v) is 20.3. The van der Waals surface area contributed by atoms with E-state index in [1.54, 1.807) is 25.3 Å². The van der Waals surface area contributed by atoms with Crippen LogP contribution in [-0.4, -0.2) is 44.0 Å². The molecule has 2 aliphatic rings. The van der Waals surface area contributed by atoms with Gasteiger partial charge in [-0.1, -0.05) is 37.6 Å². The van der Waals surface area contributed by atoms with Crippen LogP contribution >= 0.6 is 0 Å². The number of carbonyl (C=O) groups excluding carboxylic acids is 2. The molecule has 0 bridgehead atoms. The van der Waals surface area contributed by atoms with E-state index in [1.165, 1.54) is 12.0 Å². The first-order chi connectivity index (χ1) is 15.7. The maximum absolute atomic E-state index is 13.9. The molecule has 6 heteroatoms. The molecule has 0 saturated carbocycles. The lowest BCUT2D eigenvalue weighted by atomic mass is 9.90. The molecule has 174 valence electrons. The summed E-state index contributed by atoms with van der Waals surface area (Å²) >= 11 is 0. The van der Waals surface area contributed by atoms with Crippen molar-refractivity contribution in [3.8, 4) is 11.5 Å². The number of amides is 2. The SMILES string of the molecule is COc1ccc(N2C(=O)C(c3ccc(C)cc3C)=C(N3CC(C)CC(C)C3)C2=O)cc1OC. The summed E-state index contributed by atoms with van der Waals surface area (Å²) in [5.74, 6) is 1.31. The quantitative estimate of drug-likeness (QED) is 0.627. The molecule has 2 unspecified atom stereocenters. The van der Waals surface area contributed by atoms with Crippen molar-refractivity contribution in [3.05, 3.63) is 58.8 Å². The number of aryl methyl sites for hydroxylation is 2. The van der Waals surface area contributed by atoms with Gasteiger partial charge in [-0.2, -0.15) is 0 Å². The molecule has 0 radical (unpaired) electrons. The third-order valence-electron chi connectivity index (χ3n) is 6.52. The van der Waals surface area contributed by atoms with E-state index in [1.807, 2.05) is 26.0 Å². The zero-order valence-electron chi connectivity index (χ0n) is 20.3. The van der Waals surface area contributed by atoms with Gasteiger partial charge >= 0.3 is 0 Å². The number of rotatable bonds is 5. The highest BCUT2D eigenvalue weighted by Crippen LogP contribution is 2.40. The number of hydrogen-bond acceptors (Lipinski definition) is 5. The van der Waals surface area contributed by atoms with Crippen LogP contribution in [0.15, 0.2) is 42.1 Å². The van der Waals surface area contributed by atoms with E-state index >= 15 is 0 Å². The van der Waals surface area contributed by atoms with Crippen LogP contribution in [0.3, 0.4) is 0 Å². The van der Waals surface area contributed by atoms with Gasteiger partial charge in [0.15, 0.2) is 11.5 Å². The molecule has 0 aliphatic carbocycles. The van der Waals surface area contributed by atoms with Crippen LogP contribution in [0.4, 0.5) is 5.69 Å². The summed E-state index contributed by atoms with van der Waals surface area (Å²) in [6.45, 7) is 9.93. The number of carbonyl (C=O) groups is 2. The molecule has 2 aromatic carbocycles. The third-order valence-corrected chi connectivity index (χ3v) is 6.52. The second-order valence-corrected chi connectivity index (χ2v) is 9.38. The van der Waals surface area contributed by atoms with E-state index in [0.717, 1.165) is 36.2 Å². The highest BCUT2D eigenvalue weighted by molar-refractivity contribution is 6.45. The number of nitrogens with zero attached hydrogens (tertiary/aromatic N) is 2. The van der Waals surface area contributed by atoms with E-state index in [-0.39, 0.29) is 11.8 Å². The van der Waals surface area contributed by atoms with Crippen molar-refractivity contribution in [1.29, 1.82) is 0 Å². The second-order valence-electron chi connectivity index (χ2n) is 9.38.